The zero-order valence-corrected chi connectivity index (χ0v) is 13.9. The van der Waals surface area contributed by atoms with Gasteiger partial charge in [-0.3, -0.25) is 0 Å². The molecule has 3 aromatic rings. The number of hydrogen-bond acceptors (Lipinski definition) is 5. The molecular formula is C18H20N4S. The third-order valence-corrected chi connectivity index (χ3v) is 4.50. The molecule has 3 rings (SSSR count). The molecule has 4 nitrogen and oxygen atoms in total. The Kier molecular flexibility index (Phi) is 4.98. The molecule has 3 N–H and O–H groups in total. The molecule has 0 unspecified atom stereocenters. The van der Waals surface area contributed by atoms with Crippen molar-refractivity contribution in [3.63, 3.8) is 0 Å². The van der Waals surface area contributed by atoms with E-state index in [1.807, 2.05) is 30.3 Å². The van der Waals surface area contributed by atoms with Gasteiger partial charge in [0.15, 0.2) is 0 Å². The number of unbranched alkanes of at least 4 members (excludes halogenated alkanes) is 1. The van der Waals surface area contributed by atoms with Crippen molar-refractivity contribution in [1.29, 1.82) is 0 Å². The van der Waals surface area contributed by atoms with Crippen LogP contribution >= 0.6 is 11.8 Å². The summed E-state index contributed by atoms with van der Waals surface area (Å²) >= 11 is 1.72. The molecule has 1 aromatic heterocycles. The normalized spacial score (nSPS) is 10.8. The number of aromatic nitrogens is 2. The third-order valence-electron chi connectivity index (χ3n) is 3.51. The van der Waals surface area contributed by atoms with Crippen molar-refractivity contribution in [3.05, 3.63) is 48.5 Å². The van der Waals surface area contributed by atoms with Crippen LogP contribution in [0.2, 0.25) is 0 Å². The van der Waals surface area contributed by atoms with Crippen molar-refractivity contribution in [2.75, 3.05) is 16.8 Å². The molecule has 0 saturated heterocycles. The number of nitrogens with two attached hydrogens (primary N) is 1. The first-order valence-electron chi connectivity index (χ1n) is 7.78. The Morgan fingerprint density at radius 3 is 2.78 bits per heavy atom. The average molecular weight is 324 g/mol. The van der Waals surface area contributed by atoms with Crippen LogP contribution in [0.15, 0.2) is 53.6 Å². The number of thioether (sulfide) groups is 1. The SMILES string of the molecule is CCCCSc1cc(N)nc(Nc2cccc3ccccc23)n1. The second-order valence-electron chi connectivity index (χ2n) is 5.31. The van der Waals surface area contributed by atoms with Crippen LogP contribution in [0.25, 0.3) is 10.8 Å². The van der Waals surface area contributed by atoms with E-state index in [-0.39, 0.29) is 0 Å². The van der Waals surface area contributed by atoms with E-state index in [2.05, 4.69) is 40.4 Å². The van der Waals surface area contributed by atoms with Crippen molar-refractivity contribution >= 4 is 40.0 Å². The van der Waals surface area contributed by atoms with Crippen LogP contribution in [-0.2, 0) is 0 Å². The van der Waals surface area contributed by atoms with Crippen LogP contribution in [0.5, 0.6) is 0 Å². The summed E-state index contributed by atoms with van der Waals surface area (Å²) in [6.45, 7) is 2.18. The largest absolute Gasteiger partial charge is 0.383 e. The fourth-order valence-corrected chi connectivity index (χ4v) is 3.35. The highest BCUT2D eigenvalue weighted by Crippen LogP contribution is 2.27. The zero-order chi connectivity index (χ0) is 16.1. The van der Waals surface area contributed by atoms with Crippen molar-refractivity contribution in [3.8, 4) is 0 Å². The molecule has 0 aliphatic rings. The van der Waals surface area contributed by atoms with Gasteiger partial charge in [0.05, 0.1) is 0 Å². The molecule has 0 spiro atoms. The van der Waals surface area contributed by atoms with Gasteiger partial charge in [-0.05, 0) is 23.6 Å². The lowest BCUT2D eigenvalue weighted by Gasteiger charge is -2.10. The first-order chi connectivity index (χ1) is 11.3. The maximum atomic E-state index is 5.93. The lowest BCUT2D eigenvalue weighted by Crippen LogP contribution is -2.02. The Labute approximate surface area is 140 Å². The molecule has 1 heterocycles. The Morgan fingerprint density at radius 1 is 1.09 bits per heavy atom. The predicted octanol–water partition coefficient (Wildman–Crippen LogP) is 4.85. The van der Waals surface area contributed by atoms with Crippen molar-refractivity contribution in [2.24, 2.45) is 0 Å². The number of anilines is 3. The second kappa shape index (κ2) is 7.33. The first kappa shape index (κ1) is 15.6. The molecule has 0 atom stereocenters. The van der Waals surface area contributed by atoms with E-state index >= 15 is 0 Å². The predicted molar refractivity (Wildman–Crippen MR) is 99.3 cm³/mol. The van der Waals surface area contributed by atoms with Crippen molar-refractivity contribution in [2.45, 2.75) is 24.8 Å². The van der Waals surface area contributed by atoms with Gasteiger partial charge < -0.3 is 11.1 Å². The summed E-state index contributed by atoms with van der Waals surface area (Å²) in [6.07, 6.45) is 2.34. The summed E-state index contributed by atoms with van der Waals surface area (Å²) in [4.78, 5) is 8.87. The minimum Gasteiger partial charge on any atom is -0.383 e. The molecule has 5 heteroatoms. The van der Waals surface area contributed by atoms with Gasteiger partial charge in [-0.1, -0.05) is 49.7 Å². The standard InChI is InChI=1S/C18H20N4S/c1-2-3-11-23-17-12-16(19)21-18(22-17)20-15-10-6-8-13-7-4-5-9-14(13)15/h4-10,12H,2-3,11H2,1H3,(H3,19,20,21,22). The molecule has 0 amide bonds. The maximum Gasteiger partial charge on any atom is 0.230 e. The summed E-state index contributed by atoms with van der Waals surface area (Å²) in [5.41, 5.74) is 6.91. The number of rotatable bonds is 6. The van der Waals surface area contributed by atoms with Crippen LogP contribution in [0, 0.1) is 0 Å². The minimum atomic E-state index is 0.488. The van der Waals surface area contributed by atoms with E-state index in [1.165, 1.54) is 18.2 Å². The number of benzene rings is 2. The summed E-state index contributed by atoms with van der Waals surface area (Å²) in [7, 11) is 0. The lowest BCUT2D eigenvalue weighted by molar-refractivity contribution is 0.894. The van der Waals surface area contributed by atoms with Crippen LogP contribution in [0.4, 0.5) is 17.5 Å². The first-order valence-corrected chi connectivity index (χ1v) is 8.77. The summed E-state index contributed by atoms with van der Waals surface area (Å²) in [6, 6.07) is 16.2. The van der Waals surface area contributed by atoms with Crippen LogP contribution in [0.3, 0.4) is 0 Å². The zero-order valence-electron chi connectivity index (χ0n) is 13.1. The Bertz CT molecular complexity index is 799. The number of nitrogens with zero attached hydrogens (tertiary/aromatic N) is 2. The van der Waals surface area contributed by atoms with E-state index < -0.39 is 0 Å². The van der Waals surface area contributed by atoms with Crippen LogP contribution in [0.1, 0.15) is 19.8 Å². The summed E-state index contributed by atoms with van der Waals surface area (Å²) in [5, 5.41) is 6.53. The Hall–Kier alpha value is -2.27. The highest BCUT2D eigenvalue weighted by Gasteiger charge is 2.06. The molecule has 0 fully saturated rings. The van der Waals surface area contributed by atoms with Gasteiger partial charge in [0.1, 0.15) is 10.8 Å². The number of nitrogens with one attached hydrogen (secondary N) is 1. The van der Waals surface area contributed by atoms with Crippen LogP contribution < -0.4 is 11.1 Å². The number of hydrogen-bond donors (Lipinski definition) is 2. The summed E-state index contributed by atoms with van der Waals surface area (Å²) in [5.74, 6) is 2.07. The van der Waals surface area contributed by atoms with Gasteiger partial charge in [-0.15, -0.1) is 11.8 Å². The monoisotopic (exact) mass is 324 g/mol. The van der Waals surface area contributed by atoms with E-state index in [0.29, 0.717) is 11.8 Å². The Morgan fingerprint density at radius 2 is 1.91 bits per heavy atom. The van der Waals surface area contributed by atoms with Crippen molar-refractivity contribution in [1.82, 2.24) is 9.97 Å². The topological polar surface area (TPSA) is 63.8 Å². The van der Waals surface area contributed by atoms with Gasteiger partial charge in [-0.2, -0.15) is 4.98 Å². The lowest BCUT2D eigenvalue weighted by atomic mass is 10.1. The van der Waals surface area contributed by atoms with Gasteiger partial charge >= 0.3 is 0 Å². The molecule has 0 bridgehead atoms. The third kappa shape index (κ3) is 3.93. The van der Waals surface area contributed by atoms with Gasteiger partial charge in [-0.25, -0.2) is 4.98 Å². The van der Waals surface area contributed by atoms with E-state index in [1.54, 1.807) is 11.8 Å². The molecule has 118 valence electrons. The molecule has 0 saturated carbocycles. The van der Waals surface area contributed by atoms with Gasteiger partial charge in [0.25, 0.3) is 0 Å². The molecule has 0 aliphatic carbocycles. The van der Waals surface area contributed by atoms with E-state index in [9.17, 15) is 0 Å². The smallest absolute Gasteiger partial charge is 0.230 e. The van der Waals surface area contributed by atoms with E-state index in [0.717, 1.165) is 21.9 Å². The maximum absolute atomic E-state index is 5.93. The van der Waals surface area contributed by atoms with Gasteiger partial charge in [0, 0.05) is 17.1 Å². The van der Waals surface area contributed by atoms with Crippen LogP contribution in [-0.4, -0.2) is 15.7 Å². The highest BCUT2D eigenvalue weighted by atomic mass is 32.2. The molecule has 0 radical (unpaired) electrons. The number of fused-ring (bicyclic) bond motifs is 1. The van der Waals surface area contributed by atoms with Gasteiger partial charge in [0.2, 0.25) is 5.95 Å². The fourth-order valence-electron chi connectivity index (χ4n) is 2.35. The Balaban J connectivity index is 1.86. The molecule has 23 heavy (non-hydrogen) atoms. The fraction of sp³-hybridized carbons (Fsp3) is 0.222. The van der Waals surface area contributed by atoms with E-state index in [4.69, 9.17) is 5.73 Å². The molecule has 0 aliphatic heterocycles. The highest BCUT2D eigenvalue weighted by molar-refractivity contribution is 7.99. The number of nitrogen functional groups attached to an aromatic ring is 1. The quantitative estimate of drug-likeness (QED) is 0.385. The second-order valence-corrected chi connectivity index (χ2v) is 6.42. The average Bonchev–Trinajstić information content (AvgIpc) is 2.55. The van der Waals surface area contributed by atoms with Crippen molar-refractivity contribution < 1.29 is 0 Å². The molecular weight excluding hydrogens is 304 g/mol. The molecule has 2 aromatic carbocycles. The summed E-state index contributed by atoms with van der Waals surface area (Å²) < 4.78 is 0. The minimum absolute atomic E-state index is 0.488.